The Morgan fingerprint density at radius 1 is 1.25 bits per heavy atom. The molecule has 5 rings (SSSR count). The molecule has 1 aliphatic heterocycles. The van der Waals surface area contributed by atoms with Crippen LogP contribution in [-0.2, 0) is 4.74 Å². The SMILES string of the molecule is c1cnc2c(Nc3ccc4c(OC5COC5)noc4c3)n[nH]c2c1. The molecule has 1 saturated heterocycles. The van der Waals surface area contributed by atoms with Crippen LogP contribution in [0, 0.1) is 0 Å². The van der Waals surface area contributed by atoms with Crippen LogP contribution in [0.25, 0.3) is 22.0 Å². The van der Waals surface area contributed by atoms with Crippen molar-refractivity contribution in [3.05, 3.63) is 36.5 Å². The Balaban J connectivity index is 1.45. The zero-order valence-corrected chi connectivity index (χ0v) is 12.5. The Bertz CT molecular complexity index is 1020. The van der Waals surface area contributed by atoms with Crippen LogP contribution in [0.4, 0.5) is 11.5 Å². The second-order valence-corrected chi connectivity index (χ2v) is 5.57. The largest absolute Gasteiger partial charge is 0.467 e. The van der Waals surface area contributed by atoms with E-state index in [1.54, 1.807) is 6.20 Å². The van der Waals surface area contributed by atoms with Gasteiger partial charge in [0.05, 0.1) is 24.1 Å². The molecule has 4 heterocycles. The topological polar surface area (TPSA) is 98.1 Å². The van der Waals surface area contributed by atoms with Crippen LogP contribution < -0.4 is 10.1 Å². The molecule has 2 N–H and O–H groups in total. The number of hydrogen-bond acceptors (Lipinski definition) is 7. The van der Waals surface area contributed by atoms with E-state index in [9.17, 15) is 0 Å². The van der Waals surface area contributed by atoms with Crippen LogP contribution in [-0.4, -0.2) is 39.7 Å². The first kappa shape index (κ1) is 13.3. The van der Waals surface area contributed by atoms with Gasteiger partial charge in [-0.25, -0.2) is 0 Å². The average molecular weight is 323 g/mol. The van der Waals surface area contributed by atoms with Gasteiger partial charge in [0.15, 0.2) is 11.4 Å². The highest BCUT2D eigenvalue weighted by atomic mass is 16.6. The number of rotatable bonds is 4. The number of ether oxygens (including phenoxy) is 2. The number of aromatic nitrogens is 4. The number of nitrogens with one attached hydrogen (secondary N) is 2. The molecule has 0 bridgehead atoms. The summed E-state index contributed by atoms with van der Waals surface area (Å²) >= 11 is 0. The molecule has 4 aromatic rings. The number of hydrogen-bond donors (Lipinski definition) is 2. The summed E-state index contributed by atoms with van der Waals surface area (Å²) in [5.41, 5.74) is 3.13. The van der Waals surface area contributed by atoms with E-state index < -0.39 is 0 Å². The summed E-state index contributed by atoms with van der Waals surface area (Å²) in [4.78, 5) is 4.33. The lowest BCUT2D eigenvalue weighted by Crippen LogP contribution is -2.38. The van der Waals surface area contributed by atoms with Gasteiger partial charge in [-0.05, 0) is 29.4 Å². The zero-order valence-electron chi connectivity index (χ0n) is 12.5. The predicted molar refractivity (Wildman–Crippen MR) is 86.4 cm³/mol. The van der Waals surface area contributed by atoms with Crippen molar-refractivity contribution in [1.29, 1.82) is 0 Å². The van der Waals surface area contributed by atoms with E-state index in [4.69, 9.17) is 14.0 Å². The van der Waals surface area contributed by atoms with E-state index in [1.807, 2.05) is 30.3 Å². The molecule has 3 aromatic heterocycles. The first-order valence-electron chi connectivity index (χ1n) is 7.57. The van der Waals surface area contributed by atoms with Crippen LogP contribution in [0.1, 0.15) is 0 Å². The Kier molecular flexibility index (Phi) is 2.89. The molecule has 120 valence electrons. The molecule has 1 aromatic carbocycles. The smallest absolute Gasteiger partial charge is 0.262 e. The zero-order chi connectivity index (χ0) is 15.9. The molecule has 0 spiro atoms. The van der Waals surface area contributed by atoms with Crippen molar-refractivity contribution in [3.8, 4) is 5.88 Å². The molecular formula is C16H13N5O3. The summed E-state index contributed by atoms with van der Waals surface area (Å²) in [6.45, 7) is 1.18. The summed E-state index contributed by atoms with van der Waals surface area (Å²) in [7, 11) is 0. The van der Waals surface area contributed by atoms with Gasteiger partial charge in [-0.3, -0.25) is 10.1 Å². The van der Waals surface area contributed by atoms with E-state index in [0.717, 1.165) is 22.1 Å². The second kappa shape index (κ2) is 5.20. The van der Waals surface area contributed by atoms with Gasteiger partial charge < -0.3 is 19.3 Å². The van der Waals surface area contributed by atoms with Crippen molar-refractivity contribution in [2.24, 2.45) is 0 Å². The third kappa shape index (κ3) is 2.16. The fourth-order valence-electron chi connectivity index (χ4n) is 2.59. The van der Waals surface area contributed by atoms with E-state index in [1.165, 1.54) is 0 Å². The Morgan fingerprint density at radius 2 is 2.21 bits per heavy atom. The van der Waals surface area contributed by atoms with Crippen LogP contribution in [0.2, 0.25) is 0 Å². The van der Waals surface area contributed by atoms with Crippen LogP contribution >= 0.6 is 0 Å². The van der Waals surface area contributed by atoms with Gasteiger partial charge in [0.1, 0.15) is 11.6 Å². The molecular weight excluding hydrogens is 310 g/mol. The highest BCUT2D eigenvalue weighted by molar-refractivity contribution is 5.90. The van der Waals surface area contributed by atoms with Crippen LogP contribution in [0.15, 0.2) is 41.1 Å². The van der Waals surface area contributed by atoms with Crippen molar-refractivity contribution in [2.75, 3.05) is 18.5 Å². The molecule has 0 radical (unpaired) electrons. The van der Waals surface area contributed by atoms with Gasteiger partial charge in [0, 0.05) is 18.0 Å². The maximum Gasteiger partial charge on any atom is 0.262 e. The van der Waals surface area contributed by atoms with Gasteiger partial charge in [-0.15, -0.1) is 0 Å². The lowest BCUT2D eigenvalue weighted by molar-refractivity contribution is -0.0816. The van der Waals surface area contributed by atoms with E-state index in [0.29, 0.717) is 30.5 Å². The Labute approximate surface area is 135 Å². The monoisotopic (exact) mass is 323 g/mol. The first-order chi connectivity index (χ1) is 11.9. The maximum atomic E-state index is 5.73. The summed E-state index contributed by atoms with van der Waals surface area (Å²) in [6.07, 6.45) is 1.79. The fraction of sp³-hybridized carbons (Fsp3) is 0.188. The molecule has 8 nitrogen and oxygen atoms in total. The number of benzene rings is 1. The van der Waals surface area contributed by atoms with Crippen molar-refractivity contribution < 1.29 is 14.0 Å². The molecule has 0 saturated carbocycles. The first-order valence-corrected chi connectivity index (χ1v) is 7.57. The summed E-state index contributed by atoms with van der Waals surface area (Å²) in [6, 6.07) is 9.47. The molecule has 0 amide bonds. The molecule has 8 heteroatoms. The van der Waals surface area contributed by atoms with E-state index in [-0.39, 0.29) is 6.10 Å². The summed E-state index contributed by atoms with van der Waals surface area (Å²) < 4.78 is 16.2. The predicted octanol–water partition coefficient (Wildman–Crippen LogP) is 2.62. The minimum absolute atomic E-state index is 0.0533. The number of pyridine rings is 1. The molecule has 1 fully saturated rings. The van der Waals surface area contributed by atoms with Gasteiger partial charge >= 0.3 is 0 Å². The normalized spacial score (nSPS) is 14.8. The lowest BCUT2D eigenvalue weighted by Gasteiger charge is -2.25. The molecule has 0 aliphatic carbocycles. The summed E-state index contributed by atoms with van der Waals surface area (Å²) in [5, 5.41) is 15.3. The van der Waals surface area contributed by atoms with Crippen molar-refractivity contribution in [3.63, 3.8) is 0 Å². The third-order valence-corrected chi connectivity index (χ3v) is 3.91. The van der Waals surface area contributed by atoms with Crippen molar-refractivity contribution >= 4 is 33.5 Å². The highest BCUT2D eigenvalue weighted by Gasteiger charge is 2.23. The van der Waals surface area contributed by atoms with Gasteiger partial charge in [-0.2, -0.15) is 5.10 Å². The van der Waals surface area contributed by atoms with Gasteiger partial charge in [-0.1, -0.05) is 0 Å². The fourth-order valence-corrected chi connectivity index (χ4v) is 2.59. The average Bonchev–Trinajstić information content (AvgIpc) is 3.15. The van der Waals surface area contributed by atoms with Crippen LogP contribution in [0.5, 0.6) is 5.88 Å². The number of fused-ring (bicyclic) bond motifs is 2. The number of anilines is 2. The standard InChI is InChI=1S/C16H13N5O3/c1-2-12-14(17-5-1)15(20-19-12)18-9-3-4-11-13(6-9)24-21-16(11)23-10-7-22-8-10/h1-6,10H,7-8H2,(H2,18,19,20). The Hall–Kier alpha value is -3.13. The molecule has 0 unspecified atom stereocenters. The maximum absolute atomic E-state index is 5.73. The highest BCUT2D eigenvalue weighted by Crippen LogP contribution is 2.30. The van der Waals surface area contributed by atoms with Crippen molar-refractivity contribution in [1.82, 2.24) is 20.3 Å². The number of aromatic amines is 1. The van der Waals surface area contributed by atoms with E-state index >= 15 is 0 Å². The van der Waals surface area contributed by atoms with Crippen molar-refractivity contribution in [2.45, 2.75) is 6.10 Å². The van der Waals surface area contributed by atoms with Crippen LogP contribution in [0.3, 0.4) is 0 Å². The van der Waals surface area contributed by atoms with Gasteiger partial charge in [0.2, 0.25) is 0 Å². The Morgan fingerprint density at radius 3 is 3.08 bits per heavy atom. The number of nitrogens with zero attached hydrogens (tertiary/aromatic N) is 3. The third-order valence-electron chi connectivity index (χ3n) is 3.91. The minimum atomic E-state index is 0.0533. The second-order valence-electron chi connectivity index (χ2n) is 5.57. The molecule has 1 aliphatic rings. The van der Waals surface area contributed by atoms with E-state index in [2.05, 4.69) is 25.7 Å². The quantitative estimate of drug-likeness (QED) is 0.595. The lowest BCUT2D eigenvalue weighted by atomic mass is 10.2. The summed E-state index contributed by atoms with van der Waals surface area (Å²) in [5.74, 6) is 1.16. The number of H-pyrrole nitrogens is 1. The minimum Gasteiger partial charge on any atom is -0.467 e. The van der Waals surface area contributed by atoms with Gasteiger partial charge in [0.25, 0.3) is 5.88 Å². The molecule has 0 atom stereocenters. The molecule has 24 heavy (non-hydrogen) atoms.